The van der Waals surface area contributed by atoms with E-state index < -0.39 is 121 Å². The average molecular weight is 967 g/mol. The Hall–Kier alpha value is -4.27. The molecule has 0 aliphatic carbocycles. The zero-order valence-corrected chi connectivity index (χ0v) is 39.0. The first-order valence-corrected chi connectivity index (χ1v) is 22.7. The number of hydrogen-bond acceptors (Lipinski definition) is 9. The van der Waals surface area contributed by atoms with Crippen LogP contribution in [0.5, 0.6) is 0 Å². The standard InChI is InChI=1S/C43H61Cl2F4N7O9/c1-7-29-35(58)50-16-10-8-12-31(36(59)52-30(18-23(2)3)39(62)55(6)32(37(60)51-29)20-25-19-26(44)13-14-28(25)45)54(5)40(63)34(24(4)57)53-38(61)33-21-27(46)22-56(33)41(64)42(43(47,48)49)15-9-11-17-65-42/h13-14,19,23-24,27,29-34,57H,7-12,15-18,20-22H2,1-6H3,(H,50,58)(H,51,60)(H,52,59)(H,53,61)/t24-,27-,29-,30+,31+,32+,33+,34+,42?/m1/s1. The van der Waals surface area contributed by atoms with E-state index in [-0.39, 0.29) is 75.5 Å². The molecule has 3 heterocycles. The van der Waals surface area contributed by atoms with Crippen molar-refractivity contribution in [1.82, 2.24) is 36.0 Å². The van der Waals surface area contributed by atoms with Crippen molar-refractivity contribution in [3.8, 4) is 0 Å². The van der Waals surface area contributed by atoms with Gasteiger partial charge in [0, 0.05) is 50.1 Å². The van der Waals surface area contributed by atoms with Crippen LogP contribution in [0.25, 0.3) is 0 Å². The summed E-state index contributed by atoms with van der Waals surface area (Å²) in [7, 11) is 2.59. The van der Waals surface area contributed by atoms with Gasteiger partial charge < -0.3 is 45.8 Å². The Kier molecular flexibility index (Phi) is 18.8. The second-order valence-corrected chi connectivity index (χ2v) is 18.3. The van der Waals surface area contributed by atoms with Crippen LogP contribution in [-0.4, -0.2) is 155 Å². The molecule has 16 nitrogen and oxygen atoms in total. The van der Waals surface area contributed by atoms with Crippen LogP contribution >= 0.6 is 23.2 Å². The van der Waals surface area contributed by atoms with Crippen LogP contribution in [0.3, 0.4) is 0 Å². The minimum absolute atomic E-state index is 0.0112. The second-order valence-electron chi connectivity index (χ2n) is 17.5. The predicted molar refractivity (Wildman–Crippen MR) is 231 cm³/mol. The number of alkyl halides is 4. The third-order valence-electron chi connectivity index (χ3n) is 12.2. The highest BCUT2D eigenvalue weighted by Crippen LogP contribution is 2.43. The molecule has 22 heteroatoms. The van der Waals surface area contributed by atoms with E-state index in [4.69, 9.17) is 27.9 Å². The zero-order valence-electron chi connectivity index (χ0n) is 37.4. The van der Waals surface area contributed by atoms with Crippen molar-refractivity contribution in [2.75, 3.05) is 33.8 Å². The first-order valence-electron chi connectivity index (χ1n) is 21.9. The number of ether oxygens (including phenoxy) is 1. The molecule has 364 valence electrons. The van der Waals surface area contributed by atoms with Gasteiger partial charge in [-0.1, -0.05) is 44.0 Å². The number of benzene rings is 1. The first kappa shape index (κ1) is 53.3. The van der Waals surface area contributed by atoms with Crippen LogP contribution in [0.4, 0.5) is 17.6 Å². The molecular formula is C43H61Cl2F4N7O9. The lowest BCUT2D eigenvalue weighted by molar-refractivity contribution is -0.281. The van der Waals surface area contributed by atoms with Crippen molar-refractivity contribution in [2.45, 2.75) is 152 Å². The smallest absolute Gasteiger partial charge is 0.391 e. The number of aliphatic hydroxyl groups is 1. The van der Waals surface area contributed by atoms with E-state index >= 15 is 0 Å². The summed E-state index contributed by atoms with van der Waals surface area (Å²) in [6.07, 6.45) is -9.36. The summed E-state index contributed by atoms with van der Waals surface area (Å²) < 4.78 is 63.2. The summed E-state index contributed by atoms with van der Waals surface area (Å²) in [4.78, 5) is 100. The maximum absolute atomic E-state index is 14.9. The molecule has 3 fully saturated rings. The highest BCUT2D eigenvalue weighted by atomic mass is 35.5. The maximum Gasteiger partial charge on any atom is 0.426 e. The van der Waals surface area contributed by atoms with Crippen LogP contribution in [0, 0.1) is 5.92 Å². The van der Waals surface area contributed by atoms with Crippen molar-refractivity contribution >= 4 is 64.6 Å². The van der Waals surface area contributed by atoms with E-state index in [2.05, 4.69) is 21.3 Å². The number of likely N-dealkylation sites (N-methyl/N-ethyl adjacent to an activating group) is 2. The Morgan fingerprint density at radius 2 is 1.69 bits per heavy atom. The van der Waals surface area contributed by atoms with Gasteiger partial charge in [0.25, 0.3) is 5.91 Å². The Balaban J connectivity index is 1.65. The van der Waals surface area contributed by atoms with Gasteiger partial charge in [-0.05, 0) is 88.0 Å². The first-order chi connectivity index (χ1) is 30.4. The van der Waals surface area contributed by atoms with Crippen LogP contribution in [0.2, 0.25) is 10.0 Å². The molecule has 1 unspecified atom stereocenters. The summed E-state index contributed by atoms with van der Waals surface area (Å²) in [5.41, 5.74) is -2.87. The van der Waals surface area contributed by atoms with E-state index in [0.717, 1.165) is 16.7 Å². The van der Waals surface area contributed by atoms with Crippen molar-refractivity contribution in [2.24, 2.45) is 5.92 Å². The van der Waals surface area contributed by atoms with E-state index in [1.165, 1.54) is 20.2 Å². The fourth-order valence-corrected chi connectivity index (χ4v) is 8.79. The van der Waals surface area contributed by atoms with Crippen LogP contribution in [0.15, 0.2) is 18.2 Å². The summed E-state index contributed by atoms with van der Waals surface area (Å²) in [5.74, 6) is -6.76. The number of nitrogens with zero attached hydrogens (tertiary/aromatic N) is 3. The quantitative estimate of drug-likeness (QED) is 0.206. The van der Waals surface area contributed by atoms with Gasteiger partial charge >= 0.3 is 6.18 Å². The van der Waals surface area contributed by atoms with Gasteiger partial charge in [-0.15, -0.1) is 0 Å². The molecule has 0 saturated carbocycles. The summed E-state index contributed by atoms with van der Waals surface area (Å²) in [5, 5.41) is 22.0. The van der Waals surface area contributed by atoms with E-state index in [9.17, 15) is 56.2 Å². The highest BCUT2D eigenvalue weighted by molar-refractivity contribution is 6.33. The van der Waals surface area contributed by atoms with Gasteiger partial charge in [-0.3, -0.25) is 33.6 Å². The maximum atomic E-state index is 14.9. The van der Waals surface area contributed by atoms with Crippen LogP contribution in [-0.2, 0) is 44.7 Å². The number of carbonyl (C=O) groups is 7. The van der Waals surface area contributed by atoms with Crippen molar-refractivity contribution in [1.29, 1.82) is 0 Å². The normalized spacial score (nSPS) is 27.7. The topological polar surface area (TPSA) is 207 Å². The molecule has 0 spiro atoms. The van der Waals surface area contributed by atoms with E-state index in [1.54, 1.807) is 32.9 Å². The number of carbonyl (C=O) groups excluding carboxylic acids is 7. The molecule has 4 rings (SSSR count). The van der Waals surface area contributed by atoms with Crippen molar-refractivity contribution < 1.29 is 61.0 Å². The minimum Gasteiger partial charge on any atom is -0.391 e. The van der Waals surface area contributed by atoms with Crippen LogP contribution < -0.4 is 21.3 Å². The van der Waals surface area contributed by atoms with Gasteiger partial charge in [0.2, 0.25) is 41.0 Å². The van der Waals surface area contributed by atoms with E-state index in [0.29, 0.717) is 15.5 Å². The van der Waals surface area contributed by atoms with Gasteiger partial charge in [-0.25, -0.2) is 4.39 Å². The lowest BCUT2D eigenvalue weighted by Gasteiger charge is -2.40. The van der Waals surface area contributed by atoms with Crippen molar-refractivity contribution in [3.05, 3.63) is 33.8 Å². The fraction of sp³-hybridized carbons (Fsp3) is 0.698. The molecular weight excluding hydrogens is 905 g/mol. The molecule has 3 aliphatic rings. The molecule has 65 heavy (non-hydrogen) atoms. The molecule has 0 radical (unpaired) electrons. The lowest BCUT2D eigenvalue weighted by Crippen LogP contribution is -2.64. The number of aliphatic hydroxyl groups excluding tert-OH is 1. The molecule has 0 aromatic heterocycles. The number of halogens is 6. The Morgan fingerprint density at radius 3 is 2.29 bits per heavy atom. The molecule has 1 aromatic carbocycles. The summed E-state index contributed by atoms with van der Waals surface area (Å²) >= 11 is 12.7. The highest BCUT2D eigenvalue weighted by Gasteiger charge is 2.65. The third kappa shape index (κ3) is 13.0. The van der Waals surface area contributed by atoms with Crippen molar-refractivity contribution in [3.63, 3.8) is 0 Å². The largest absolute Gasteiger partial charge is 0.426 e. The monoisotopic (exact) mass is 965 g/mol. The molecule has 1 aromatic rings. The Labute approximate surface area is 386 Å². The Bertz CT molecular complexity index is 1910. The average Bonchev–Trinajstić information content (AvgIpc) is 3.65. The molecule has 7 amide bonds. The molecule has 9 atom stereocenters. The van der Waals surface area contributed by atoms with Gasteiger partial charge in [0.1, 0.15) is 42.4 Å². The fourth-order valence-electron chi connectivity index (χ4n) is 8.40. The Morgan fingerprint density at radius 1 is 1.02 bits per heavy atom. The number of nitrogens with one attached hydrogen (secondary N) is 4. The predicted octanol–water partition coefficient (Wildman–Crippen LogP) is 3.22. The molecule has 5 N–H and O–H groups in total. The SMILES string of the molecule is CC[C@H]1NC(=O)[C@H](Cc2cc(Cl)ccc2Cl)N(C)C(=O)[C@H](CC(C)C)NC(=O)[C@@H](N(C)C(=O)[C@@H](NC(=O)[C@@H]2C[C@@H](F)CN2C(=O)C2(C(F)(F)F)CCCCO2)[C@@H](C)O)CCCCNC1=O. The van der Waals surface area contributed by atoms with E-state index in [1.807, 2.05) is 0 Å². The number of likely N-dealkylation sites (tertiary alicyclic amines) is 1. The third-order valence-corrected chi connectivity index (χ3v) is 12.8. The lowest BCUT2D eigenvalue weighted by atomic mass is 9.91. The number of hydrogen-bond donors (Lipinski definition) is 5. The summed E-state index contributed by atoms with van der Waals surface area (Å²) in [6, 6.07) is -3.90. The zero-order chi connectivity index (χ0) is 48.6. The molecule has 0 bridgehead atoms. The van der Waals surface area contributed by atoms with Gasteiger partial charge in [0.05, 0.1) is 12.6 Å². The number of rotatable bonds is 11. The second kappa shape index (κ2) is 23.0. The minimum atomic E-state index is -5.19. The van der Waals surface area contributed by atoms with Crippen LogP contribution in [0.1, 0.15) is 91.0 Å². The molecule has 3 saturated heterocycles. The van der Waals surface area contributed by atoms with Gasteiger partial charge in [0.15, 0.2) is 0 Å². The van der Waals surface area contributed by atoms with Gasteiger partial charge in [-0.2, -0.15) is 13.2 Å². The molecule has 3 aliphatic heterocycles. The number of amides is 7. The summed E-state index contributed by atoms with van der Waals surface area (Å²) in [6.45, 7) is 5.32.